The Morgan fingerprint density at radius 1 is 1.52 bits per heavy atom. The fourth-order valence-corrected chi connectivity index (χ4v) is 3.18. The van der Waals surface area contributed by atoms with Gasteiger partial charge in [-0.15, -0.1) is 0 Å². The standard InChI is InChI=1S/C14H14N4O2S/c1-8-12(9-3-2-6-15-7-9)21-14(16-8)18-13(20)10-4-5-11(19)17-10/h2-3,6-7,10H,4-5H2,1H3,(H,17,19)(H,16,18,20). The van der Waals surface area contributed by atoms with Crippen LogP contribution in [0.15, 0.2) is 24.5 Å². The molecule has 2 aromatic heterocycles. The van der Waals surface area contributed by atoms with Crippen LogP contribution in [0.25, 0.3) is 10.4 Å². The Morgan fingerprint density at radius 2 is 2.38 bits per heavy atom. The Balaban J connectivity index is 1.75. The van der Waals surface area contributed by atoms with E-state index in [4.69, 9.17) is 0 Å². The highest BCUT2D eigenvalue weighted by molar-refractivity contribution is 7.19. The first kappa shape index (κ1) is 13.7. The average molecular weight is 302 g/mol. The van der Waals surface area contributed by atoms with Crippen molar-refractivity contribution in [1.29, 1.82) is 0 Å². The van der Waals surface area contributed by atoms with E-state index < -0.39 is 6.04 Å². The van der Waals surface area contributed by atoms with Crippen molar-refractivity contribution in [1.82, 2.24) is 15.3 Å². The van der Waals surface area contributed by atoms with Gasteiger partial charge in [-0.1, -0.05) is 17.4 Å². The summed E-state index contributed by atoms with van der Waals surface area (Å²) >= 11 is 1.40. The van der Waals surface area contributed by atoms with Gasteiger partial charge in [0.05, 0.1) is 10.6 Å². The molecule has 108 valence electrons. The molecule has 1 saturated heterocycles. The van der Waals surface area contributed by atoms with Gasteiger partial charge in [0.2, 0.25) is 11.8 Å². The Kier molecular flexibility index (Phi) is 3.66. The molecule has 0 aromatic carbocycles. The smallest absolute Gasteiger partial charge is 0.248 e. The van der Waals surface area contributed by atoms with Crippen LogP contribution < -0.4 is 10.6 Å². The van der Waals surface area contributed by atoms with E-state index >= 15 is 0 Å². The van der Waals surface area contributed by atoms with Crippen molar-refractivity contribution in [2.45, 2.75) is 25.8 Å². The molecule has 0 spiro atoms. The van der Waals surface area contributed by atoms with Gasteiger partial charge in [0.25, 0.3) is 0 Å². The number of thiazole rings is 1. The van der Waals surface area contributed by atoms with E-state index in [1.807, 2.05) is 19.1 Å². The summed E-state index contributed by atoms with van der Waals surface area (Å²) in [7, 11) is 0. The monoisotopic (exact) mass is 302 g/mol. The molecule has 2 amide bonds. The van der Waals surface area contributed by atoms with Crippen LogP contribution in [-0.4, -0.2) is 27.8 Å². The Labute approximate surface area is 125 Å². The summed E-state index contributed by atoms with van der Waals surface area (Å²) in [5.74, 6) is -0.297. The van der Waals surface area contributed by atoms with Crippen molar-refractivity contribution in [2.24, 2.45) is 0 Å². The number of hydrogen-bond donors (Lipinski definition) is 2. The van der Waals surface area contributed by atoms with Gasteiger partial charge in [0, 0.05) is 24.4 Å². The second-order valence-corrected chi connectivity index (χ2v) is 5.82. The normalized spacial score (nSPS) is 17.6. The van der Waals surface area contributed by atoms with Gasteiger partial charge in [-0.25, -0.2) is 4.98 Å². The topological polar surface area (TPSA) is 84.0 Å². The number of nitrogens with one attached hydrogen (secondary N) is 2. The number of nitrogens with zero attached hydrogens (tertiary/aromatic N) is 2. The third-order valence-corrected chi connectivity index (χ3v) is 4.38. The molecule has 0 bridgehead atoms. The second kappa shape index (κ2) is 5.61. The van der Waals surface area contributed by atoms with Crippen LogP contribution in [0.5, 0.6) is 0 Å². The number of aromatic nitrogens is 2. The van der Waals surface area contributed by atoms with E-state index in [1.54, 1.807) is 12.4 Å². The Hall–Kier alpha value is -2.28. The van der Waals surface area contributed by atoms with Crippen LogP contribution in [0.1, 0.15) is 18.5 Å². The van der Waals surface area contributed by atoms with Crippen LogP contribution in [0.3, 0.4) is 0 Å². The van der Waals surface area contributed by atoms with E-state index in [-0.39, 0.29) is 11.8 Å². The van der Waals surface area contributed by atoms with E-state index in [9.17, 15) is 9.59 Å². The minimum atomic E-state index is -0.455. The van der Waals surface area contributed by atoms with Gasteiger partial charge in [-0.2, -0.15) is 0 Å². The predicted molar refractivity (Wildman–Crippen MR) is 79.9 cm³/mol. The van der Waals surface area contributed by atoms with Crippen LogP contribution in [-0.2, 0) is 9.59 Å². The summed E-state index contributed by atoms with van der Waals surface area (Å²) in [5, 5.41) is 5.95. The van der Waals surface area contributed by atoms with Gasteiger partial charge < -0.3 is 10.6 Å². The highest BCUT2D eigenvalue weighted by Crippen LogP contribution is 2.32. The van der Waals surface area contributed by atoms with E-state index in [0.29, 0.717) is 18.0 Å². The molecular weight excluding hydrogens is 288 g/mol. The predicted octanol–water partition coefficient (Wildman–Crippen LogP) is 1.73. The molecule has 0 radical (unpaired) electrons. The molecule has 7 heteroatoms. The highest BCUT2D eigenvalue weighted by Gasteiger charge is 2.27. The fraction of sp³-hybridized carbons (Fsp3) is 0.286. The number of aryl methyl sites for hydroxylation is 1. The lowest BCUT2D eigenvalue weighted by Gasteiger charge is -2.08. The molecule has 0 aliphatic carbocycles. The van der Waals surface area contributed by atoms with Crippen molar-refractivity contribution in [3.63, 3.8) is 0 Å². The summed E-state index contributed by atoms with van der Waals surface area (Å²) in [6, 6.07) is 3.36. The summed E-state index contributed by atoms with van der Waals surface area (Å²) in [6.45, 7) is 1.89. The van der Waals surface area contributed by atoms with E-state index in [1.165, 1.54) is 11.3 Å². The molecule has 3 rings (SSSR count). The van der Waals surface area contributed by atoms with Gasteiger partial charge in [-0.05, 0) is 19.4 Å². The van der Waals surface area contributed by atoms with Crippen LogP contribution >= 0.6 is 11.3 Å². The molecule has 2 N–H and O–H groups in total. The lowest BCUT2D eigenvalue weighted by atomic mass is 10.2. The van der Waals surface area contributed by atoms with Gasteiger partial charge in [-0.3, -0.25) is 14.6 Å². The van der Waals surface area contributed by atoms with Crippen molar-refractivity contribution >= 4 is 28.3 Å². The molecule has 21 heavy (non-hydrogen) atoms. The zero-order valence-corrected chi connectivity index (χ0v) is 12.2. The number of carbonyl (C=O) groups is 2. The van der Waals surface area contributed by atoms with Crippen molar-refractivity contribution in [3.8, 4) is 10.4 Å². The minimum absolute atomic E-state index is 0.0819. The number of carbonyl (C=O) groups excluding carboxylic acids is 2. The van der Waals surface area contributed by atoms with E-state index in [0.717, 1.165) is 16.1 Å². The molecule has 1 atom stereocenters. The number of pyridine rings is 1. The molecule has 1 unspecified atom stereocenters. The maximum atomic E-state index is 12.0. The quantitative estimate of drug-likeness (QED) is 0.904. The third-order valence-electron chi connectivity index (χ3n) is 3.26. The zero-order chi connectivity index (χ0) is 14.8. The van der Waals surface area contributed by atoms with Gasteiger partial charge in [0.1, 0.15) is 6.04 Å². The van der Waals surface area contributed by atoms with Crippen LogP contribution in [0, 0.1) is 6.92 Å². The molecule has 2 aromatic rings. The molecule has 3 heterocycles. The molecule has 1 fully saturated rings. The Morgan fingerprint density at radius 3 is 3.05 bits per heavy atom. The molecule has 0 saturated carbocycles. The number of anilines is 1. The highest BCUT2D eigenvalue weighted by atomic mass is 32.1. The molecular formula is C14H14N4O2S. The third kappa shape index (κ3) is 2.92. The minimum Gasteiger partial charge on any atom is -0.344 e. The average Bonchev–Trinajstić information content (AvgIpc) is 3.06. The van der Waals surface area contributed by atoms with Crippen LogP contribution in [0.4, 0.5) is 5.13 Å². The summed E-state index contributed by atoms with van der Waals surface area (Å²) in [4.78, 5) is 32.6. The Bertz CT molecular complexity index is 684. The molecule has 6 nitrogen and oxygen atoms in total. The van der Waals surface area contributed by atoms with Gasteiger partial charge in [0.15, 0.2) is 5.13 Å². The SMILES string of the molecule is Cc1nc(NC(=O)C2CCC(=O)N2)sc1-c1cccnc1. The maximum absolute atomic E-state index is 12.0. The first-order chi connectivity index (χ1) is 10.1. The first-order valence-corrected chi connectivity index (χ1v) is 7.43. The van der Waals surface area contributed by atoms with Crippen LogP contribution in [0.2, 0.25) is 0 Å². The lowest BCUT2D eigenvalue weighted by Crippen LogP contribution is -2.37. The van der Waals surface area contributed by atoms with Crippen molar-refractivity contribution in [2.75, 3.05) is 5.32 Å². The van der Waals surface area contributed by atoms with Crippen molar-refractivity contribution < 1.29 is 9.59 Å². The number of hydrogen-bond acceptors (Lipinski definition) is 5. The van der Waals surface area contributed by atoms with E-state index in [2.05, 4.69) is 20.6 Å². The summed E-state index contributed by atoms with van der Waals surface area (Å²) < 4.78 is 0. The largest absolute Gasteiger partial charge is 0.344 e. The molecule has 1 aliphatic rings. The first-order valence-electron chi connectivity index (χ1n) is 6.61. The number of rotatable bonds is 3. The molecule has 1 aliphatic heterocycles. The maximum Gasteiger partial charge on any atom is 0.248 e. The summed E-state index contributed by atoms with van der Waals surface area (Å²) in [6.07, 6.45) is 4.41. The number of amides is 2. The van der Waals surface area contributed by atoms with Crippen molar-refractivity contribution in [3.05, 3.63) is 30.2 Å². The summed E-state index contributed by atoms with van der Waals surface area (Å²) in [5.41, 5.74) is 1.82. The van der Waals surface area contributed by atoms with Gasteiger partial charge >= 0.3 is 0 Å². The zero-order valence-electron chi connectivity index (χ0n) is 11.4. The fourth-order valence-electron chi connectivity index (χ4n) is 2.22. The second-order valence-electron chi connectivity index (χ2n) is 4.82. The lowest BCUT2D eigenvalue weighted by molar-refractivity contribution is -0.122.